The van der Waals surface area contributed by atoms with Crippen molar-refractivity contribution in [3.8, 4) is 39.1 Å². The Hall–Kier alpha value is -8.20. The molecular formula is C61H42N2. The van der Waals surface area contributed by atoms with Crippen molar-refractivity contribution < 1.29 is 0 Å². The maximum absolute atomic E-state index is 2.52. The predicted octanol–water partition coefficient (Wildman–Crippen LogP) is 16.0. The summed E-state index contributed by atoms with van der Waals surface area (Å²) >= 11 is 0. The van der Waals surface area contributed by atoms with Crippen LogP contribution in [0.5, 0.6) is 0 Å². The molecule has 0 spiro atoms. The fourth-order valence-electron chi connectivity index (χ4n) is 10.4. The number of nitrogens with zero attached hydrogens (tertiary/aromatic N) is 2. The Kier molecular flexibility index (Phi) is 8.76. The molecule has 0 amide bonds. The van der Waals surface area contributed by atoms with Crippen molar-refractivity contribution in [1.82, 2.24) is 4.57 Å². The molecule has 0 atom stereocenters. The Bertz CT molecular complexity index is 3380. The molecule has 0 bridgehead atoms. The second-order valence-corrected chi connectivity index (χ2v) is 16.4. The standard InChI is InChI=1S/C61H42N2/c1-5-20-43(21-6-1)44-36-38-48(39-37-44)63-58-34-18-15-30-53(58)54-31-19-35-59(60(54)63)62(57-33-17-14-28-50(57)45-22-7-2-8-23-45)49-40-41-52-51-29-13-16-32-55(51)61(56(52)42-49,46-24-9-3-10-25-46)47-26-11-4-12-27-47/h1-42H. The molecule has 63 heavy (non-hydrogen) atoms. The molecule has 0 saturated heterocycles. The molecule has 0 unspecified atom stereocenters. The summed E-state index contributed by atoms with van der Waals surface area (Å²) in [6.45, 7) is 0. The van der Waals surface area contributed by atoms with Crippen LogP contribution < -0.4 is 4.90 Å². The van der Waals surface area contributed by atoms with Gasteiger partial charge in [0, 0.05) is 27.7 Å². The number of para-hydroxylation sites is 3. The Morgan fingerprint density at radius 2 is 0.857 bits per heavy atom. The third-order valence-electron chi connectivity index (χ3n) is 13.1. The van der Waals surface area contributed by atoms with Gasteiger partial charge in [0.25, 0.3) is 0 Å². The first-order valence-corrected chi connectivity index (χ1v) is 21.8. The Morgan fingerprint density at radius 1 is 0.333 bits per heavy atom. The van der Waals surface area contributed by atoms with E-state index in [1.54, 1.807) is 0 Å². The number of fused-ring (bicyclic) bond motifs is 6. The summed E-state index contributed by atoms with van der Waals surface area (Å²) in [6, 6.07) is 93.4. The van der Waals surface area contributed by atoms with Gasteiger partial charge in [-0.15, -0.1) is 0 Å². The van der Waals surface area contributed by atoms with Crippen LogP contribution in [-0.2, 0) is 5.41 Å². The van der Waals surface area contributed by atoms with Crippen LogP contribution in [0.15, 0.2) is 255 Å². The SMILES string of the molecule is c1ccc(-c2ccc(-n3c4ccccc4c4cccc(N(c5ccc6c(c5)C(c5ccccc5)(c5ccccc5)c5ccccc5-6)c5ccccc5-c5ccccc5)c43)cc2)cc1. The molecule has 1 aliphatic carbocycles. The molecule has 0 aliphatic heterocycles. The first kappa shape index (κ1) is 36.6. The molecule has 0 radical (unpaired) electrons. The number of benzene rings is 10. The third-order valence-corrected chi connectivity index (χ3v) is 13.1. The van der Waals surface area contributed by atoms with Crippen LogP contribution in [0.25, 0.3) is 60.9 Å². The van der Waals surface area contributed by atoms with Gasteiger partial charge in [-0.05, 0) is 92.5 Å². The van der Waals surface area contributed by atoms with Gasteiger partial charge in [0.2, 0.25) is 0 Å². The van der Waals surface area contributed by atoms with E-state index in [1.165, 1.54) is 66.4 Å². The van der Waals surface area contributed by atoms with Gasteiger partial charge in [0.05, 0.1) is 27.8 Å². The molecule has 0 N–H and O–H groups in total. The second kappa shape index (κ2) is 15.1. The molecule has 296 valence electrons. The Balaban J connectivity index is 1.17. The Labute approximate surface area is 368 Å². The molecule has 1 heterocycles. The summed E-state index contributed by atoms with van der Waals surface area (Å²) in [5.41, 5.74) is 18.5. The number of rotatable bonds is 8. The molecule has 11 aromatic rings. The van der Waals surface area contributed by atoms with Crippen molar-refractivity contribution in [3.63, 3.8) is 0 Å². The zero-order valence-electron chi connectivity index (χ0n) is 34.6. The highest BCUT2D eigenvalue weighted by molar-refractivity contribution is 6.15. The van der Waals surface area contributed by atoms with Gasteiger partial charge in [0.1, 0.15) is 0 Å². The van der Waals surface area contributed by atoms with Crippen LogP contribution in [0.2, 0.25) is 0 Å². The lowest BCUT2D eigenvalue weighted by atomic mass is 9.67. The van der Waals surface area contributed by atoms with Crippen molar-refractivity contribution >= 4 is 38.9 Å². The number of hydrogen-bond donors (Lipinski definition) is 0. The molecule has 1 aromatic heterocycles. The molecule has 0 saturated carbocycles. The minimum atomic E-state index is -0.545. The maximum Gasteiger partial charge on any atom is 0.0782 e. The average molecular weight is 803 g/mol. The predicted molar refractivity (Wildman–Crippen MR) is 264 cm³/mol. The van der Waals surface area contributed by atoms with E-state index in [0.717, 1.165) is 33.8 Å². The normalized spacial score (nSPS) is 12.6. The quantitative estimate of drug-likeness (QED) is 0.149. The van der Waals surface area contributed by atoms with E-state index in [-0.39, 0.29) is 0 Å². The topological polar surface area (TPSA) is 8.17 Å². The van der Waals surface area contributed by atoms with E-state index in [0.29, 0.717) is 0 Å². The summed E-state index contributed by atoms with van der Waals surface area (Å²) < 4.78 is 2.47. The van der Waals surface area contributed by atoms with Crippen LogP contribution in [0.1, 0.15) is 22.3 Å². The van der Waals surface area contributed by atoms with Crippen molar-refractivity contribution in [1.29, 1.82) is 0 Å². The molecule has 2 nitrogen and oxygen atoms in total. The maximum atomic E-state index is 2.52. The minimum absolute atomic E-state index is 0.545. The van der Waals surface area contributed by atoms with E-state index in [2.05, 4.69) is 264 Å². The van der Waals surface area contributed by atoms with Crippen molar-refractivity contribution in [2.75, 3.05) is 4.90 Å². The highest BCUT2D eigenvalue weighted by atomic mass is 15.2. The largest absolute Gasteiger partial charge is 0.308 e. The van der Waals surface area contributed by atoms with Crippen molar-refractivity contribution in [2.45, 2.75) is 5.41 Å². The monoisotopic (exact) mass is 802 g/mol. The van der Waals surface area contributed by atoms with E-state index >= 15 is 0 Å². The van der Waals surface area contributed by atoms with E-state index in [1.807, 2.05) is 0 Å². The third kappa shape index (κ3) is 5.80. The van der Waals surface area contributed by atoms with Gasteiger partial charge in [-0.1, -0.05) is 212 Å². The van der Waals surface area contributed by atoms with Gasteiger partial charge < -0.3 is 9.47 Å². The summed E-state index contributed by atoms with van der Waals surface area (Å²) in [7, 11) is 0. The molecule has 12 rings (SSSR count). The van der Waals surface area contributed by atoms with Crippen LogP contribution in [0.3, 0.4) is 0 Å². The summed E-state index contributed by atoms with van der Waals surface area (Å²) in [4.78, 5) is 2.52. The van der Waals surface area contributed by atoms with Crippen LogP contribution in [0, 0.1) is 0 Å². The number of anilines is 3. The number of aromatic nitrogens is 1. The van der Waals surface area contributed by atoms with E-state index < -0.39 is 5.41 Å². The lowest BCUT2D eigenvalue weighted by Gasteiger charge is -2.35. The van der Waals surface area contributed by atoms with Crippen LogP contribution in [-0.4, -0.2) is 4.57 Å². The first-order valence-electron chi connectivity index (χ1n) is 21.8. The van der Waals surface area contributed by atoms with Gasteiger partial charge in [-0.3, -0.25) is 0 Å². The molecule has 0 fully saturated rings. The van der Waals surface area contributed by atoms with Crippen LogP contribution >= 0.6 is 0 Å². The first-order chi connectivity index (χ1) is 31.3. The average Bonchev–Trinajstić information content (AvgIpc) is 3.86. The number of hydrogen-bond acceptors (Lipinski definition) is 1. The van der Waals surface area contributed by atoms with Gasteiger partial charge in [0.15, 0.2) is 0 Å². The highest BCUT2D eigenvalue weighted by Crippen LogP contribution is 2.58. The van der Waals surface area contributed by atoms with Crippen molar-refractivity contribution in [2.24, 2.45) is 0 Å². The fraction of sp³-hybridized carbons (Fsp3) is 0.0164. The summed E-state index contributed by atoms with van der Waals surface area (Å²) in [6.07, 6.45) is 0. The van der Waals surface area contributed by atoms with Gasteiger partial charge in [-0.2, -0.15) is 0 Å². The minimum Gasteiger partial charge on any atom is -0.308 e. The lowest BCUT2D eigenvalue weighted by molar-refractivity contribution is 0.768. The van der Waals surface area contributed by atoms with E-state index in [9.17, 15) is 0 Å². The zero-order valence-corrected chi connectivity index (χ0v) is 34.6. The summed E-state index contributed by atoms with van der Waals surface area (Å²) in [5.74, 6) is 0. The second-order valence-electron chi connectivity index (χ2n) is 16.4. The zero-order chi connectivity index (χ0) is 41.7. The molecular weight excluding hydrogens is 761 g/mol. The van der Waals surface area contributed by atoms with Crippen LogP contribution in [0.4, 0.5) is 17.1 Å². The molecule has 2 heteroatoms. The summed E-state index contributed by atoms with van der Waals surface area (Å²) in [5, 5.41) is 2.42. The molecule has 1 aliphatic rings. The lowest BCUT2D eigenvalue weighted by Crippen LogP contribution is -2.28. The fourth-order valence-corrected chi connectivity index (χ4v) is 10.4. The smallest absolute Gasteiger partial charge is 0.0782 e. The van der Waals surface area contributed by atoms with Gasteiger partial charge >= 0.3 is 0 Å². The van der Waals surface area contributed by atoms with Crippen molar-refractivity contribution in [3.05, 3.63) is 277 Å². The van der Waals surface area contributed by atoms with Gasteiger partial charge in [-0.25, -0.2) is 0 Å². The van der Waals surface area contributed by atoms with E-state index in [4.69, 9.17) is 0 Å². The Morgan fingerprint density at radius 3 is 1.57 bits per heavy atom. The molecule has 10 aromatic carbocycles. The highest BCUT2D eigenvalue weighted by Gasteiger charge is 2.46.